The molecule has 736 valence electrons. The summed E-state index contributed by atoms with van der Waals surface area (Å²) in [5.74, 6) is 1.12. The van der Waals surface area contributed by atoms with E-state index < -0.39 is 219 Å². The maximum absolute atomic E-state index is 14.5. The molecular formula is C48H82Cl4F2N10O50P12S2+2. The number of hydrogen-bond acceptors (Lipinski definition) is 44. The largest absolute Gasteiger partial charge is 0.705 e. The van der Waals surface area contributed by atoms with Gasteiger partial charge in [-0.05, 0) is 47.1 Å². The van der Waals surface area contributed by atoms with Gasteiger partial charge in [-0.3, -0.25) is 28.4 Å². The van der Waals surface area contributed by atoms with Gasteiger partial charge in [-0.1, -0.05) is 26.3 Å². The summed E-state index contributed by atoms with van der Waals surface area (Å²) in [5, 5.41) is 61.4. The molecule has 128 heavy (non-hydrogen) atoms. The van der Waals surface area contributed by atoms with Crippen molar-refractivity contribution in [2.45, 2.75) is 119 Å². The molecule has 80 heteroatoms. The Morgan fingerprint density at radius 3 is 0.977 bits per heavy atom. The van der Waals surface area contributed by atoms with E-state index in [1.165, 1.54) is 59.2 Å². The Bertz CT molecular complexity index is 4720. The number of halogens is 6. The van der Waals surface area contributed by atoms with Crippen LogP contribution < -0.4 is 22.1 Å². The molecule has 0 bridgehead atoms. The number of phosphoric ester groups is 2. The Morgan fingerprint density at radius 1 is 0.469 bits per heavy atom. The minimum atomic E-state index is -5.81. The van der Waals surface area contributed by atoms with Gasteiger partial charge in [0.15, 0.2) is 36.1 Å². The van der Waals surface area contributed by atoms with E-state index in [2.05, 4.69) is 90.5 Å². The Kier molecular flexibility index (Phi) is 44.9. The lowest BCUT2D eigenvalue weighted by Crippen LogP contribution is -2.52. The fourth-order valence-electron chi connectivity index (χ4n) is 10.6. The number of aliphatic imine (C=N–C) groups is 2. The first kappa shape index (κ1) is 120. The molecule has 8 aliphatic heterocycles. The van der Waals surface area contributed by atoms with E-state index in [-0.39, 0.29) is 36.6 Å². The number of hydrogen-bond donors (Lipinski definition) is 26. The molecule has 8 aliphatic rings. The van der Waals surface area contributed by atoms with Crippen molar-refractivity contribution in [3.05, 3.63) is 98.7 Å². The van der Waals surface area contributed by atoms with Crippen molar-refractivity contribution < 1.29 is 245 Å². The van der Waals surface area contributed by atoms with Gasteiger partial charge in [-0.2, -0.15) is 49.4 Å². The van der Waals surface area contributed by atoms with Crippen LogP contribution in [0.3, 0.4) is 0 Å². The molecule has 8 rings (SSSR count). The number of amidine groups is 2. The van der Waals surface area contributed by atoms with Crippen LogP contribution in [-0.2, 0) is 127 Å². The summed E-state index contributed by atoms with van der Waals surface area (Å²) in [6, 6.07) is 0. The predicted octanol–water partition coefficient (Wildman–Crippen LogP) is 0.186. The lowest BCUT2D eigenvalue weighted by Gasteiger charge is -2.35. The lowest BCUT2D eigenvalue weighted by molar-refractivity contribution is -0.163. The highest BCUT2D eigenvalue weighted by molar-refractivity contribution is 7.98. The summed E-state index contributed by atoms with van der Waals surface area (Å²) in [7, 11) is -61.8. The average molecular weight is 2210 g/mol. The molecule has 0 aromatic carbocycles. The summed E-state index contributed by atoms with van der Waals surface area (Å²) in [6.07, 6.45) is 0.626. The molecule has 4 fully saturated rings. The van der Waals surface area contributed by atoms with E-state index >= 15 is 0 Å². The number of rotatable bonds is 34. The van der Waals surface area contributed by atoms with Crippen LogP contribution in [0.25, 0.3) is 0 Å². The first-order valence-corrected chi connectivity index (χ1v) is 54.7. The van der Waals surface area contributed by atoms with Gasteiger partial charge in [0.05, 0.1) is 26.4 Å². The van der Waals surface area contributed by atoms with E-state index in [1.807, 2.05) is 12.5 Å². The van der Waals surface area contributed by atoms with Gasteiger partial charge in [0, 0.05) is 57.6 Å². The second-order valence-electron chi connectivity index (χ2n) is 25.2. The number of nitrogens with one attached hydrogen (secondary N) is 2. The molecule has 2 amide bonds. The average Bonchev–Trinajstić information content (AvgIpc) is 1.59. The maximum Gasteiger partial charge on any atom is 0.705 e. The van der Waals surface area contributed by atoms with Crippen molar-refractivity contribution >= 4 is 188 Å². The van der Waals surface area contributed by atoms with Gasteiger partial charge in [0.25, 0.3) is 11.8 Å². The zero-order chi connectivity index (χ0) is 99.2. The molecule has 4 saturated heterocycles. The lowest BCUT2D eigenvalue weighted by atomic mass is 9.93. The predicted molar refractivity (Wildman–Crippen MR) is 432 cm³/mol. The highest BCUT2D eigenvalue weighted by Gasteiger charge is 2.64. The Morgan fingerprint density at radius 2 is 0.727 bits per heavy atom. The Balaban J connectivity index is 0.000000411. The second-order valence-corrected chi connectivity index (χ2v) is 45.2. The van der Waals surface area contributed by atoms with E-state index in [0.717, 1.165) is 24.8 Å². The number of amides is 2. The molecule has 8 heterocycles. The molecule has 26 atom stereocenters. The fourth-order valence-corrected chi connectivity index (χ4v) is 24.3. The molecule has 0 aromatic heterocycles. The zero-order valence-electron chi connectivity index (χ0n) is 64.3. The molecule has 0 spiro atoms. The standard InChI is InChI=1S/C12H20ClFN3O12P3.C12H19ClFN2O13P3.C12H18ClN3O3S.C12H17ClN2O4S.2H3O9P3/c1-6(14)12(5-26-31(22,23)29-32(24,25)28-30(19,20)21)10(18)9(13)11(27-12)17-4-3-8(15)16-7(17)2;1-6(14)12(5-26-31(22,23)29-32(24,25)28-30(19,20)21)10(18)9(13)11(27-12)16-4-3-8(17)15-7(16)2;1-7-15-8(14)3-4-16(7)11-9(13)10(18)12(5-17,19-11)6-20-2;1-7-14-8(17)3-4-15(7)11-9(13)10(18)12(5-16,19-11)6-20-2;2*1-10(2)8-12(6,7)9-11(3,4)5/h3-4,6,9-11,18H,2,5H2,1H3,(H2,15,16)(H,22,23)(H,24,25)(H2,19,20,21);3-4,6,9-11,18H,2,5H2,1H3,(H,15,17)(H,22,23)(H,24,25)(H2,19,20,21);3-4,9-11,17-18H,1,5-6H2,2H3,(H2,14,15);3-4,9-11,16,18H,1,5-6H2,2H3,(H,14,17);2*(H3-,1,2,3,4,5,6,7)/p+2/t2*6?,9-,10+,11-,12+;2*9-,10+,11-,12+;;/m1111../s1. The number of aliphatic hydroxyl groups excluding tert-OH is 6. The van der Waals surface area contributed by atoms with Crippen LogP contribution in [-0.4, -0.2) is 308 Å². The van der Waals surface area contributed by atoms with Crippen LogP contribution in [0.15, 0.2) is 109 Å². The first-order chi connectivity index (χ1) is 57.9. The van der Waals surface area contributed by atoms with Crippen LogP contribution in [0.2, 0.25) is 0 Å². The van der Waals surface area contributed by atoms with Crippen molar-refractivity contribution in [3.63, 3.8) is 0 Å². The van der Waals surface area contributed by atoms with Gasteiger partial charge in [0.2, 0.25) is 0 Å². The Hall–Kier alpha value is -2.22. The maximum atomic E-state index is 14.5. The number of alkyl halides is 6. The van der Waals surface area contributed by atoms with Crippen molar-refractivity contribution in [3.8, 4) is 0 Å². The molecule has 0 saturated carbocycles. The number of ether oxygens (including phenoxy) is 4. The van der Waals surface area contributed by atoms with Crippen molar-refractivity contribution in [1.29, 1.82) is 0 Å². The second kappa shape index (κ2) is 47.9. The van der Waals surface area contributed by atoms with Gasteiger partial charge < -0.3 is 150 Å². The molecule has 0 aliphatic carbocycles. The monoisotopic (exact) mass is 2210 g/mol. The smallest absolute Gasteiger partial charge is 0.393 e. The third-order valence-electron chi connectivity index (χ3n) is 15.9. The number of nitrogens with zero attached hydrogens (tertiary/aromatic N) is 6. The molecule has 0 aromatic rings. The summed E-state index contributed by atoms with van der Waals surface area (Å²) >= 11 is 27.7. The fraction of sp³-hybridized carbons (Fsp3) is 0.583. The number of phosphoric acid groups is 10. The highest BCUT2D eigenvalue weighted by Crippen LogP contribution is 2.69. The first-order valence-electron chi connectivity index (χ1n) is 32.8. The molecule has 10 unspecified atom stereocenters. The van der Waals surface area contributed by atoms with Crippen molar-refractivity contribution in [1.82, 2.24) is 30.2 Å². The number of aliphatic hydroxyl groups is 6. The summed E-state index contributed by atoms with van der Waals surface area (Å²) < 4.78 is 216. The topological polar surface area (TPSA) is 927 Å². The van der Waals surface area contributed by atoms with Gasteiger partial charge in [-0.25, -0.2) is 64.4 Å². The van der Waals surface area contributed by atoms with Crippen LogP contribution in [0.5, 0.6) is 0 Å². The zero-order valence-corrected chi connectivity index (χ0v) is 79.7. The third-order valence-corrected chi connectivity index (χ3v) is 32.9. The summed E-state index contributed by atoms with van der Waals surface area (Å²) in [5.41, 5.74) is 4.08. The Labute approximate surface area is 748 Å². The number of thioether (sulfide) groups is 2. The van der Waals surface area contributed by atoms with Crippen molar-refractivity contribution in [2.24, 2.45) is 21.5 Å². The van der Waals surface area contributed by atoms with Crippen LogP contribution in [0, 0.1) is 0 Å². The van der Waals surface area contributed by atoms with E-state index in [0.29, 0.717) is 29.0 Å². The van der Waals surface area contributed by atoms with E-state index in [1.54, 1.807) is 22.1 Å². The summed E-state index contributed by atoms with van der Waals surface area (Å²) in [6.45, 7) is 13.3. The van der Waals surface area contributed by atoms with Gasteiger partial charge in [-0.15, -0.1) is 56.2 Å². The van der Waals surface area contributed by atoms with Crippen molar-refractivity contribution in [2.75, 3.05) is 50.4 Å². The number of carbonyl (C=O) groups is 2. The van der Waals surface area contributed by atoms with E-state index in [9.17, 15) is 123 Å². The number of nitrogens with two attached hydrogens (primary N) is 2. The van der Waals surface area contributed by atoms with Crippen LogP contribution in [0.1, 0.15) is 13.8 Å². The normalized spacial score (nSPS) is 31.9. The quantitative estimate of drug-likeness (QED) is 0.0302. The molecular weight excluding hydrogens is 2130 g/mol. The SMILES string of the molecule is C=C1N=C(N)C=CN1[C@@H]1O[C@@](CO)(CSC)[C@@H](O)[C@H]1Cl.C=C1N=C(N)C=CN1[C@@H]1O[C@@](COP(=O)(O)OP(=O)(O)OP(=O)(O)O)(C(C)F)[C@@H](O)[C@H]1Cl.C=C1NC(=O)C=CN1[C@@H]1O[C@@](CO)(CSC)[C@@H](O)[C@H]1Cl.C=C1NC(=O)C=CN1[C@@H]1O[C@@](COP(=O)(O)OP(=O)(O)OP(=O)(O)O)(C(C)F)[C@@H](O)[C@H]1Cl.O=[P+](O)OP(=O)(O)OP(=O)(O)O.O=[P+](O)OP(=O)(O)OP(=O)(O)O. The third kappa shape index (κ3) is 36.0. The molecule has 0 radical (unpaired) electrons. The van der Waals surface area contributed by atoms with Crippen LogP contribution in [0.4, 0.5) is 8.78 Å². The summed E-state index contributed by atoms with van der Waals surface area (Å²) in [4.78, 5) is 172. The minimum Gasteiger partial charge on any atom is -0.393 e. The molecule has 28 N–H and O–H groups in total. The van der Waals surface area contributed by atoms with Crippen LogP contribution >= 0.6 is 165 Å². The highest BCUT2D eigenvalue weighted by atomic mass is 35.5. The number of carbonyl (C=O) groups excluding carboxylic acids is 2. The van der Waals surface area contributed by atoms with E-state index in [4.69, 9.17) is 136 Å². The van der Waals surface area contributed by atoms with Gasteiger partial charge in [0.1, 0.15) is 104 Å². The van der Waals surface area contributed by atoms with Gasteiger partial charge >= 0.3 is 94.7 Å². The molecule has 60 nitrogen and oxygen atoms in total. The minimum absolute atomic E-state index is 0.0167.